The van der Waals surface area contributed by atoms with E-state index < -0.39 is 5.76 Å². The fourth-order valence-corrected chi connectivity index (χ4v) is 2.12. The molecule has 0 saturated heterocycles. The zero-order valence-electron chi connectivity index (χ0n) is 9.11. The van der Waals surface area contributed by atoms with Gasteiger partial charge in [-0.25, -0.2) is 4.79 Å². The van der Waals surface area contributed by atoms with Gasteiger partial charge < -0.3 is 9.52 Å². The van der Waals surface area contributed by atoms with Crippen LogP contribution in [0.5, 0.6) is 5.88 Å². The number of hydrogen-bond donors (Lipinski definition) is 2. The van der Waals surface area contributed by atoms with Crippen molar-refractivity contribution in [3.8, 4) is 17.2 Å². The van der Waals surface area contributed by atoms with Crippen molar-refractivity contribution in [1.82, 2.24) is 4.98 Å². The normalized spacial score (nSPS) is 10.9. The van der Waals surface area contributed by atoms with E-state index in [1.165, 1.54) is 0 Å². The lowest BCUT2D eigenvalue weighted by Gasteiger charge is -2.04. The highest BCUT2D eigenvalue weighted by atomic mass is 35.5. The van der Waals surface area contributed by atoms with E-state index in [1.54, 1.807) is 18.2 Å². The number of aromatic nitrogens is 1. The van der Waals surface area contributed by atoms with Gasteiger partial charge in [0.05, 0.1) is 0 Å². The molecule has 1 aromatic heterocycles. The molecule has 0 spiro atoms. The van der Waals surface area contributed by atoms with Gasteiger partial charge in [0.25, 0.3) is 0 Å². The SMILES string of the molecule is O=c1[nH]c(O)c(-c2cccc3ccc(Cl)cc23)o1. The number of aromatic amines is 1. The van der Waals surface area contributed by atoms with Gasteiger partial charge in [0.15, 0.2) is 0 Å². The standard InChI is InChI=1S/C13H8ClNO3/c14-8-5-4-7-2-1-3-9(10(7)6-8)11-12(16)15-13(17)18-11/h1-6,16H,(H,15,17). The van der Waals surface area contributed by atoms with Crippen molar-refractivity contribution in [1.29, 1.82) is 0 Å². The molecular weight excluding hydrogens is 254 g/mol. The average Bonchev–Trinajstić information content (AvgIpc) is 2.67. The van der Waals surface area contributed by atoms with Crippen LogP contribution in [0.4, 0.5) is 0 Å². The number of aromatic hydroxyl groups is 1. The molecule has 5 heteroatoms. The molecule has 0 radical (unpaired) electrons. The molecule has 2 N–H and O–H groups in total. The highest BCUT2D eigenvalue weighted by Gasteiger charge is 2.14. The summed E-state index contributed by atoms with van der Waals surface area (Å²) in [5, 5.41) is 12.0. The van der Waals surface area contributed by atoms with Crippen LogP contribution in [-0.4, -0.2) is 10.1 Å². The summed E-state index contributed by atoms with van der Waals surface area (Å²) in [6, 6.07) is 10.9. The smallest absolute Gasteiger partial charge is 0.419 e. The van der Waals surface area contributed by atoms with E-state index in [4.69, 9.17) is 16.0 Å². The number of hydrogen-bond acceptors (Lipinski definition) is 3. The van der Waals surface area contributed by atoms with Crippen LogP contribution in [0.15, 0.2) is 45.6 Å². The first-order valence-electron chi connectivity index (χ1n) is 5.26. The van der Waals surface area contributed by atoms with E-state index in [0.717, 1.165) is 10.8 Å². The third-order valence-electron chi connectivity index (χ3n) is 2.72. The van der Waals surface area contributed by atoms with Gasteiger partial charge in [0.1, 0.15) is 0 Å². The quantitative estimate of drug-likeness (QED) is 0.707. The Morgan fingerprint density at radius 3 is 2.78 bits per heavy atom. The Hall–Kier alpha value is -2.20. The van der Waals surface area contributed by atoms with Crippen LogP contribution in [-0.2, 0) is 0 Å². The van der Waals surface area contributed by atoms with E-state index in [0.29, 0.717) is 10.6 Å². The lowest BCUT2D eigenvalue weighted by Crippen LogP contribution is -1.92. The van der Waals surface area contributed by atoms with Gasteiger partial charge in [-0.1, -0.05) is 35.9 Å². The van der Waals surface area contributed by atoms with Gasteiger partial charge in [-0.3, -0.25) is 4.98 Å². The maximum Gasteiger partial charge on any atom is 0.419 e. The first-order valence-corrected chi connectivity index (χ1v) is 5.63. The largest absolute Gasteiger partial charge is 0.492 e. The van der Waals surface area contributed by atoms with Crippen molar-refractivity contribution in [2.24, 2.45) is 0 Å². The zero-order valence-corrected chi connectivity index (χ0v) is 9.86. The first kappa shape index (κ1) is 10.9. The lowest BCUT2D eigenvalue weighted by atomic mass is 10.0. The number of oxazole rings is 1. The van der Waals surface area contributed by atoms with Crippen LogP contribution in [0.2, 0.25) is 5.02 Å². The average molecular weight is 262 g/mol. The van der Waals surface area contributed by atoms with Crippen molar-refractivity contribution in [2.75, 3.05) is 0 Å². The highest BCUT2D eigenvalue weighted by Crippen LogP contribution is 2.33. The van der Waals surface area contributed by atoms with E-state index in [2.05, 4.69) is 4.98 Å². The highest BCUT2D eigenvalue weighted by molar-refractivity contribution is 6.31. The Bertz CT molecular complexity index is 788. The molecule has 1 heterocycles. The monoisotopic (exact) mass is 261 g/mol. The summed E-state index contributed by atoms with van der Waals surface area (Å²) in [5.74, 6) is -0.859. The molecular formula is C13H8ClNO3. The minimum atomic E-state index is -0.693. The van der Waals surface area contributed by atoms with Crippen molar-refractivity contribution >= 4 is 22.4 Å². The Labute approximate surface area is 106 Å². The molecule has 0 aliphatic rings. The number of benzene rings is 2. The fraction of sp³-hybridized carbons (Fsp3) is 0. The van der Waals surface area contributed by atoms with Crippen LogP contribution in [0.1, 0.15) is 0 Å². The second-order valence-electron chi connectivity index (χ2n) is 3.86. The zero-order chi connectivity index (χ0) is 12.7. The topological polar surface area (TPSA) is 66.2 Å². The number of halogens is 1. The van der Waals surface area contributed by atoms with E-state index in [1.807, 2.05) is 18.2 Å². The fourth-order valence-electron chi connectivity index (χ4n) is 1.95. The van der Waals surface area contributed by atoms with Crippen LogP contribution in [0.3, 0.4) is 0 Å². The number of fused-ring (bicyclic) bond motifs is 1. The van der Waals surface area contributed by atoms with Crippen molar-refractivity contribution in [2.45, 2.75) is 0 Å². The molecule has 0 aliphatic heterocycles. The molecule has 0 unspecified atom stereocenters. The van der Waals surface area contributed by atoms with Crippen LogP contribution >= 0.6 is 11.6 Å². The summed E-state index contributed by atoms with van der Waals surface area (Å²) in [5.41, 5.74) is 0.617. The molecule has 0 bridgehead atoms. The maximum absolute atomic E-state index is 11.1. The Kier molecular flexibility index (Phi) is 2.38. The minimum absolute atomic E-state index is 0.118. The molecule has 0 atom stereocenters. The van der Waals surface area contributed by atoms with Crippen molar-refractivity contribution in [3.05, 3.63) is 52.0 Å². The van der Waals surface area contributed by atoms with Gasteiger partial charge in [0.2, 0.25) is 11.6 Å². The Morgan fingerprint density at radius 2 is 2.06 bits per heavy atom. The lowest BCUT2D eigenvalue weighted by molar-refractivity contribution is 0.453. The van der Waals surface area contributed by atoms with Gasteiger partial charge in [-0.05, 0) is 22.9 Å². The van der Waals surface area contributed by atoms with Crippen LogP contribution in [0, 0.1) is 0 Å². The van der Waals surface area contributed by atoms with Crippen LogP contribution < -0.4 is 5.76 Å². The second-order valence-corrected chi connectivity index (χ2v) is 4.30. The summed E-state index contributed by atoms with van der Waals surface area (Å²) in [6.45, 7) is 0. The number of nitrogens with one attached hydrogen (secondary N) is 1. The van der Waals surface area contributed by atoms with Crippen molar-refractivity contribution in [3.63, 3.8) is 0 Å². The predicted molar refractivity (Wildman–Crippen MR) is 68.9 cm³/mol. The third kappa shape index (κ3) is 1.67. The Balaban J connectivity index is 2.38. The minimum Gasteiger partial charge on any atom is -0.492 e. The van der Waals surface area contributed by atoms with E-state index in [9.17, 15) is 9.90 Å². The van der Waals surface area contributed by atoms with Gasteiger partial charge in [0, 0.05) is 10.6 Å². The van der Waals surface area contributed by atoms with Crippen LogP contribution in [0.25, 0.3) is 22.1 Å². The van der Waals surface area contributed by atoms with E-state index >= 15 is 0 Å². The molecule has 0 fully saturated rings. The van der Waals surface area contributed by atoms with Gasteiger partial charge in [-0.2, -0.15) is 0 Å². The second kappa shape index (κ2) is 3.92. The summed E-state index contributed by atoms with van der Waals surface area (Å²) in [4.78, 5) is 13.3. The summed E-state index contributed by atoms with van der Waals surface area (Å²) in [6.07, 6.45) is 0. The molecule has 90 valence electrons. The summed E-state index contributed by atoms with van der Waals surface area (Å²) < 4.78 is 4.94. The molecule has 2 aromatic carbocycles. The molecule has 3 rings (SSSR count). The maximum atomic E-state index is 11.1. The number of rotatable bonds is 1. The van der Waals surface area contributed by atoms with Crippen molar-refractivity contribution < 1.29 is 9.52 Å². The molecule has 3 aromatic rings. The molecule has 0 amide bonds. The molecule has 4 nitrogen and oxygen atoms in total. The first-order chi connectivity index (χ1) is 8.65. The molecule has 18 heavy (non-hydrogen) atoms. The molecule has 0 saturated carbocycles. The third-order valence-corrected chi connectivity index (χ3v) is 2.95. The summed E-state index contributed by atoms with van der Waals surface area (Å²) >= 11 is 5.96. The predicted octanol–water partition coefficient (Wildman–Crippen LogP) is 3.15. The summed E-state index contributed by atoms with van der Waals surface area (Å²) in [7, 11) is 0. The van der Waals surface area contributed by atoms with Gasteiger partial charge in [-0.15, -0.1) is 0 Å². The van der Waals surface area contributed by atoms with Gasteiger partial charge >= 0.3 is 5.76 Å². The molecule has 0 aliphatic carbocycles. The van der Waals surface area contributed by atoms with E-state index in [-0.39, 0.29) is 11.6 Å². The Morgan fingerprint density at radius 1 is 1.22 bits per heavy atom. The number of H-pyrrole nitrogens is 1.